The second-order valence-corrected chi connectivity index (χ2v) is 6.57. The number of nitrogens with zero attached hydrogens (tertiary/aromatic N) is 2. The Morgan fingerprint density at radius 1 is 1.43 bits per heavy atom. The Morgan fingerprint density at radius 3 is 3.00 bits per heavy atom. The van der Waals surface area contributed by atoms with Gasteiger partial charge in [0.25, 0.3) is 0 Å². The van der Waals surface area contributed by atoms with Crippen LogP contribution in [0.4, 0.5) is 0 Å². The zero-order chi connectivity index (χ0) is 14.9. The molecule has 1 saturated carbocycles. The van der Waals surface area contributed by atoms with Crippen LogP contribution < -0.4 is 0 Å². The molecule has 1 aliphatic rings. The number of aryl methyl sites for hydroxylation is 1. The molecule has 0 spiro atoms. The maximum atomic E-state index is 11.2. The summed E-state index contributed by atoms with van der Waals surface area (Å²) in [6.45, 7) is 2.28. The monoisotopic (exact) mass is 311 g/mol. The number of thioether (sulfide) groups is 1. The smallest absolute Gasteiger partial charge is 0.305 e. The number of esters is 1. The third kappa shape index (κ3) is 6.08. The summed E-state index contributed by atoms with van der Waals surface area (Å²) in [6, 6.07) is 0. The number of ether oxygens (including phenoxy) is 1. The molecule has 6 heteroatoms. The lowest BCUT2D eigenvalue weighted by Gasteiger charge is -2.05. The summed E-state index contributed by atoms with van der Waals surface area (Å²) in [5, 5.41) is 8.04. The lowest BCUT2D eigenvalue weighted by molar-refractivity contribution is -0.143. The first-order valence-electron chi connectivity index (χ1n) is 7.97. The molecule has 0 saturated heterocycles. The summed E-state index contributed by atoms with van der Waals surface area (Å²) >= 11 is 1.60. The number of hydrogen-bond donors (Lipinski definition) is 1. The quantitative estimate of drug-likeness (QED) is 0.430. The molecular formula is C15H25N3O2S. The molecule has 1 heterocycles. The zero-order valence-corrected chi connectivity index (χ0v) is 13.6. The normalized spacial score (nSPS) is 15.5. The Kier molecular flexibility index (Phi) is 7.06. The van der Waals surface area contributed by atoms with E-state index in [1.165, 1.54) is 32.1 Å². The number of rotatable bonds is 9. The lowest BCUT2D eigenvalue weighted by Crippen LogP contribution is -2.03. The summed E-state index contributed by atoms with van der Waals surface area (Å²) < 4.78 is 4.89. The van der Waals surface area contributed by atoms with Crippen LogP contribution in [0.25, 0.3) is 0 Å². The second kappa shape index (κ2) is 9.07. The second-order valence-electron chi connectivity index (χ2n) is 5.51. The SMILES string of the molecule is CCOC(=O)CCCSc1n[nH]c(CCC2CCCC2)n1. The highest BCUT2D eigenvalue weighted by Crippen LogP contribution is 2.28. The van der Waals surface area contributed by atoms with Crippen molar-refractivity contribution in [3.63, 3.8) is 0 Å². The van der Waals surface area contributed by atoms with Gasteiger partial charge in [-0.2, -0.15) is 0 Å². The van der Waals surface area contributed by atoms with Crippen LogP contribution in [0.15, 0.2) is 5.16 Å². The summed E-state index contributed by atoms with van der Waals surface area (Å²) in [6.07, 6.45) is 9.04. The molecule has 0 aromatic carbocycles. The largest absolute Gasteiger partial charge is 0.466 e. The van der Waals surface area contributed by atoms with Gasteiger partial charge in [0.15, 0.2) is 0 Å². The van der Waals surface area contributed by atoms with Crippen molar-refractivity contribution < 1.29 is 9.53 Å². The summed E-state index contributed by atoms with van der Waals surface area (Å²) in [5.74, 6) is 2.61. The van der Waals surface area contributed by atoms with Crippen LogP contribution in [0, 0.1) is 5.92 Å². The fourth-order valence-electron chi connectivity index (χ4n) is 2.71. The van der Waals surface area contributed by atoms with Crippen molar-refractivity contribution in [1.82, 2.24) is 15.2 Å². The Labute approximate surface area is 130 Å². The zero-order valence-electron chi connectivity index (χ0n) is 12.8. The fraction of sp³-hybridized carbons (Fsp3) is 0.800. The molecule has 0 amide bonds. The minimum atomic E-state index is -0.120. The Bertz CT molecular complexity index is 430. The molecule has 1 N–H and O–H groups in total. The van der Waals surface area contributed by atoms with Crippen molar-refractivity contribution in [2.45, 2.75) is 63.4 Å². The van der Waals surface area contributed by atoms with Gasteiger partial charge in [-0.1, -0.05) is 37.4 Å². The van der Waals surface area contributed by atoms with E-state index in [0.29, 0.717) is 13.0 Å². The molecule has 0 atom stereocenters. The van der Waals surface area contributed by atoms with Gasteiger partial charge in [0.1, 0.15) is 5.82 Å². The molecule has 0 unspecified atom stereocenters. The first kappa shape index (κ1) is 16.3. The minimum absolute atomic E-state index is 0.120. The number of carbonyl (C=O) groups is 1. The topological polar surface area (TPSA) is 67.9 Å². The highest BCUT2D eigenvalue weighted by Gasteiger charge is 2.15. The number of carbonyl (C=O) groups excluding carboxylic acids is 1. The number of aromatic nitrogens is 3. The van der Waals surface area contributed by atoms with Crippen molar-refractivity contribution in [3.05, 3.63) is 5.82 Å². The highest BCUT2D eigenvalue weighted by atomic mass is 32.2. The Balaban J connectivity index is 1.60. The molecular weight excluding hydrogens is 286 g/mol. The number of aromatic amines is 1. The van der Waals surface area contributed by atoms with Gasteiger partial charge < -0.3 is 4.74 Å². The van der Waals surface area contributed by atoms with E-state index >= 15 is 0 Å². The van der Waals surface area contributed by atoms with Crippen LogP contribution in [0.1, 0.15) is 57.7 Å². The molecule has 1 aromatic rings. The van der Waals surface area contributed by atoms with Crippen molar-refractivity contribution >= 4 is 17.7 Å². The fourth-order valence-corrected chi connectivity index (χ4v) is 3.46. The van der Waals surface area contributed by atoms with Crippen molar-refractivity contribution in [3.8, 4) is 0 Å². The standard InChI is InChI=1S/C15H25N3O2S/c1-2-20-14(19)8-5-11-21-15-16-13(17-18-15)10-9-12-6-3-4-7-12/h12H,2-11H2,1H3,(H,16,17,18). The van der Waals surface area contributed by atoms with Gasteiger partial charge in [0.2, 0.25) is 5.16 Å². The molecule has 1 aliphatic carbocycles. The Morgan fingerprint density at radius 2 is 2.24 bits per heavy atom. The van der Waals surface area contributed by atoms with E-state index in [-0.39, 0.29) is 5.97 Å². The van der Waals surface area contributed by atoms with Crippen LogP contribution in [0.2, 0.25) is 0 Å². The van der Waals surface area contributed by atoms with Gasteiger partial charge >= 0.3 is 5.97 Å². The molecule has 5 nitrogen and oxygen atoms in total. The molecule has 1 fully saturated rings. The maximum absolute atomic E-state index is 11.2. The van der Waals surface area contributed by atoms with Gasteiger partial charge in [0.05, 0.1) is 6.61 Å². The van der Waals surface area contributed by atoms with Gasteiger partial charge in [-0.3, -0.25) is 9.89 Å². The van der Waals surface area contributed by atoms with Crippen LogP contribution in [0.3, 0.4) is 0 Å². The third-order valence-corrected chi connectivity index (χ3v) is 4.77. The summed E-state index contributed by atoms with van der Waals surface area (Å²) in [5.41, 5.74) is 0. The van der Waals surface area contributed by atoms with E-state index in [4.69, 9.17) is 4.74 Å². The molecule has 2 rings (SSSR count). The Hall–Kier alpha value is -1.04. The number of nitrogens with one attached hydrogen (secondary N) is 1. The third-order valence-electron chi connectivity index (χ3n) is 3.84. The van der Waals surface area contributed by atoms with E-state index in [1.54, 1.807) is 11.8 Å². The molecule has 21 heavy (non-hydrogen) atoms. The van der Waals surface area contributed by atoms with Gasteiger partial charge in [0, 0.05) is 18.6 Å². The molecule has 1 aromatic heterocycles. The van der Waals surface area contributed by atoms with Crippen LogP contribution in [0.5, 0.6) is 0 Å². The van der Waals surface area contributed by atoms with Crippen LogP contribution >= 0.6 is 11.8 Å². The molecule has 0 aliphatic heterocycles. The predicted octanol–water partition coefficient (Wildman–Crippen LogP) is 3.36. The van der Waals surface area contributed by atoms with Gasteiger partial charge in [-0.15, -0.1) is 5.10 Å². The van der Waals surface area contributed by atoms with E-state index in [0.717, 1.165) is 35.5 Å². The minimum Gasteiger partial charge on any atom is -0.466 e. The maximum Gasteiger partial charge on any atom is 0.305 e. The average molecular weight is 311 g/mol. The van der Waals surface area contributed by atoms with Crippen molar-refractivity contribution in [2.24, 2.45) is 5.92 Å². The highest BCUT2D eigenvalue weighted by molar-refractivity contribution is 7.99. The molecule has 0 radical (unpaired) electrons. The summed E-state index contributed by atoms with van der Waals surface area (Å²) in [7, 11) is 0. The first-order valence-corrected chi connectivity index (χ1v) is 8.96. The van der Waals surface area contributed by atoms with E-state index in [2.05, 4.69) is 15.2 Å². The van der Waals surface area contributed by atoms with Crippen LogP contribution in [-0.2, 0) is 16.0 Å². The van der Waals surface area contributed by atoms with E-state index in [9.17, 15) is 4.79 Å². The van der Waals surface area contributed by atoms with Gasteiger partial charge in [-0.25, -0.2) is 4.98 Å². The van der Waals surface area contributed by atoms with Crippen molar-refractivity contribution in [1.29, 1.82) is 0 Å². The number of hydrogen-bond acceptors (Lipinski definition) is 5. The number of H-pyrrole nitrogens is 1. The first-order chi connectivity index (χ1) is 10.3. The van der Waals surface area contributed by atoms with Gasteiger partial charge in [-0.05, 0) is 25.7 Å². The van der Waals surface area contributed by atoms with Crippen LogP contribution in [-0.4, -0.2) is 33.5 Å². The average Bonchev–Trinajstić information content (AvgIpc) is 3.13. The van der Waals surface area contributed by atoms with E-state index < -0.39 is 0 Å². The summed E-state index contributed by atoms with van der Waals surface area (Å²) in [4.78, 5) is 15.7. The van der Waals surface area contributed by atoms with E-state index in [1.807, 2.05) is 6.92 Å². The molecule has 0 bridgehead atoms. The van der Waals surface area contributed by atoms with Crippen molar-refractivity contribution in [2.75, 3.05) is 12.4 Å². The molecule has 118 valence electrons. The predicted molar refractivity (Wildman–Crippen MR) is 83.3 cm³/mol. The lowest BCUT2D eigenvalue weighted by atomic mass is 10.0.